The zero-order valence-corrected chi connectivity index (χ0v) is 16.0. The molecule has 0 aliphatic carbocycles. The quantitative estimate of drug-likeness (QED) is 0.508. The summed E-state index contributed by atoms with van der Waals surface area (Å²) in [4.78, 5) is -0.127. The first-order chi connectivity index (χ1) is 9.97. The average molecular weight is 455 g/mol. The van der Waals surface area contributed by atoms with Crippen molar-refractivity contribution in [3.8, 4) is 11.5 Å². The van der Waals surface area contributed by atoms with Crippen LogP contribution in [0.15, 0.2) is 34.8 Å². The normalized spacial score (nSPS) is 12.1. The Hall–Kier alpha value is -0.420. The molecular formula is C15H12Br2Cl2O2. The van der Waals surface area contributed by atoms with Gasteiger partial charge in [0.1, 0.15) is 0 Å². The number of halogens is 4. The summed E-state index contributed by atoms with van der Waals surface area (Å²) < 4.78 is 11.5. The van der Waals surface area contributed by atoms with Crippen molar-refractivity contribution in [3.63, 3.8) is 0 Å². The standard InChI is InChI=1S/C15H12Br2Cl2O2/c1-20-13-6-9(11(16)7-14(13)21-2)15(17)10-5-8(18)3-4-12(10)19/h3-7,15H,1-2H3. The van der Waals surface area contributed by atoms with Crippen LogP contribution in [-0.4, -0.2) is 14.2 Å². The van der Waals surface area contributed by atoms with Crippen molar-refractivity contribution in [1.29, 1.82) is 0 Å². The Labute approximate surface area is 150 Å². The van der Waals surface area contributed by atoms with E-state index in [9.17, 15) is 0 Å². The number of ether oxygens (including phenoxy) is 2. The molecule has 0 aliphatic heterocycles. The van der Waals surface area contributed by atoms with Crippen molar-refractivity contribution in [2.24, 2.45) is 0 Å². The average Bonchev–Trinajstić information content (AvgIpc) is 2.48. The summed E-state index contributed by atoms with van der Waals surface area (Å²) in [5.41, 5.74) is 1.86. The molecule has 0 N–H and O–H groups in total. The van der Waals surface area contributed by atoms with Crippen molar-refractivity contribution in [2.75, 3.05) is 14.2 Å². The molecule has 0 radical (unpaired) electrons. The minimum Gasteiger partial charge on any atom is -0.493 e. The fraction of sp³-hybridized carbons (Fsp3) is 0.200. The van der Waals surface area contributed by atoms with E-state index in [0.29, 0.717) is 21.5 Å². The monoisotopic (exact) mass is 452 g/mol. The van der Waals surface area contributed by atoms with Gasteiger partial charge in [-0.2, -0.15) is 0 Å². The van der Waals surface area contributed by atoms with E-state index in [1.807, 2.05) is 18.2 Å². The Balaban J connectivity index is 2.52. The molecule has 0 aliphatic rings. The second kappa shape index (κ2) is 7.23. The van der Waals surface area contributed by atoms with Gasteiger partial charge in [-0.05, 0) is 41.5 Å². The zero-order chi connectivity index (χ0) is 15.6. The lowest BCUT2D eigenvalue weighted by Gasteiger charge is -2.17. The Morgan fingerprint density at radius 1 is 0.952 bits per heavy atom. The second-order valence-corrected chi connectivity index (χ2v) is 6.87. The van der Waals surface area contributed by atoms with Crippen molar-refractivity contribution >= 4 is 55.1 Å². The van der Waals surface area contributed by atoms with Crippen LogP contribution >= 0.6 is 55.1 Å². The fourth-order valence-corrected chi connectivity index (χ4v) is 4.10. The summed E-state index contributed by atoms with van der Waals surface area (Å²) in [5.74, 6) is 1.31. The third kappa shape index (κ3) is 3.67. The molecule has 0 amide bonds. The topological polar surface area (TPSA) is 18.5 Å². The van der Waals surface area contributed by atoms with Gasteiger partial charge >= 0.3 is 0 Å². The van der Waals surface area contributed by atoms with Crippen LogP contribution < -0.4 is 9.47 Å². The van der Waals surface area contributed by atoms with E-state index in [2.05, 4.69) is 31.9 Å². The maximum Gasteiger partial charge on any atom is 0.161 e. The third-order valence-corrected chi connectivity index (χ3v) is 5.26. The van der Waals surface area contributed by atoms with Crippen molar-refractivity contribution < 1.29 is 9.47 Å². The van der Waals surface area contributed by atoms with E-state index in [-0.39, 0.29) is 4.83 Å². The Morgan fingerprint density at radius 3 is 2.19 bits per heavy atom. The smallest absolute Gasteiger partial charge is 0.161 e. The lowest BCUT2D eigenvalue weighted by Crippen LogP contribution is -1.98. The van der Waals surface area contributed by atoms with Gasteiger partial charge in [0.2, 0.25) is 0 Å². The first kappa shape index (κ1) is 16.9. The van der Waals surface area contributed by atoms with Gasteiger partial charge in [0.25, 0.3) is 0 Å². The molecule has 0 bridgehead atoms. The lowest BCUT2D eigenvalue weighted by molar-refractivity contribution is 0.354. The maximum atomic E-state index is 6.27. The van der Waals surface area contributed by atoms with Crippen LogP contribution in [0.5, 0.6) is 11.5 Å². The molecule has 2 aromatic rings. The molecule has 1 atom stereocenters. The molecule has 1 unspecified atom stereocenters. The van der Waals surface area contributed by atoms with Crippen LogP contribution in [0.3, 0.4) is 0 Å². The molecule has 0 spiro atoms. The molecule has 0 aromatic heterocycles. The van der Waals surface area contributed by atoms with Gasteiger partial charge in [-0.3, -0.25) is 0 Å². The number of rotatable bonds is 4. The summed E-state index contributed by atoms with van der Waals surface area (Å²) in [6.07, 6.45) is 0. The van der Waals surface area contributed by atoms with Crippen LogP contribution in [-0.2, 0) is 0 Å². The van der Waals surface area contributed by atoms with Crippen LogP contribution in [0.4, 0.5) is 0 Å². The van der Waals surface area contributed by atoms with Gasteiger partial charge < -0.3 is 9.47 Å². The van der Waals surface area contributed by atoms with E-state index in [4.69, 9.17) is 32.7 Å². The summed E-state index contributed by atoms with van der Waals surface area (Å²) in [7, 11) is 3.20. The van der Waals surface area contributed by atoms with Gasteiger partial charge in [-0.25, -0.2) is 0 Å². The minimum atomic E-state index is -0.127. The summed E-state index contributed by atoms with van der Waals surface area (Å²) in [6, 6.07) is 9.14. The van der Waals surface area contributed by atoms with Gasteiger partial charge in [-0.15, -0.1) is 0 Å². The number of methoxy groups -OCH3 is 2. The zero-order valence-electron chi connectivity index (χ0n) is 11.3. The van der Waals surface area contributed by atoms with E-state index in [0.717, 1.165) is 15.6 Å². The number of hydrogen-bond donors (Lipinski definition) is 0. The van der Waals surface area contributed by atoms with E-state index in [1.54, 1.807) is 26.4 Å². The molecule has 2 rings (SSSR count). The highest BCUT2D eigenvalue weighted by atomic mass is 79.9. The lowest BCUT2D eigenvalue weighted by atomic mass is 10.0. The number of benzene rings is 2. The molecule has 0 heterocycles. The first-order valence-electron chi connectivity index (χ1n) is 5.98. The van der Waals surface area contributed by atoms with E-state index in [1.165, 1.54) is 0 Å². The van der Waals surface area contributed by atoms with Crippen LogP contribution in [0, 0.1) is 0 Å². The van der Waals surface area contributed by atoms with Gasteiger partial charge in [0, 0.05) is 14.5 Å². The third-order valence-electron chi connectivity index (χ3n) is 3.01. The molecule has 112 valence electrons. The molecular weight excluding hydrogens is 443 g/mol. The molecule has 6 heteroatoms. The van der Waals surface area contributed by atoms with Crippen molar-refractivity contribution in [2.45, 2.75) is 4.83 Å². The van der Waals surface area contributed by atoms with Crippen LogP contribution in [0.25, 0.3) is 0 Å². The number of hydrogen-bond acceptors (Lipinski definition) is 2. The van der Waals surface area contributed by atoms with Crippen LogP contribution in [0.1, 0.15) is 16.0 Å². The SMILES string of the molecule is COc1cc(Br)c(C(Br)c2cc(Cl)ccc2Cl)cc1OC. The summed E-state index contributed by atoms with van der Waals surface area (Å²) in [5, 5.41) is 1.28. The van der Waals surface area contributed by atoms with Gasteiger partial charge in [-0.1, -0.05) is 55.1 Å². The molecule has 2 nitrogen and oxygen atoms in total. The first-order valence-corrected chi connectivity index (χ1v) is 8.44. The maximum absolute atomic E-state index is 6.27. The van der Waals surface area contributed by atoms with Crippen LogP contribution in [0.2, 0.25) is 10.0 Å². The molecule has 0 saturated carbocycles. The molecule has 21 heavy (non-hydrogen) atoms. The number of alkyl halides is 1. The predicted molar refractivity (Wildman–Crippen MR) is 94.5 cm³/mol. The van der Waals surface area contributed by atoms with Gasteiger partial charge in [0.05, 0.1) is 19.0 Å². The molecule has 2 aromatic carbocycles. The predicted octanol–water partition coefficient (Wildman–Crippen LogP) is 6.26. The Bertz CT molecular complexity index is 662. The second-order valence-electron chi connectivity index (χ2n) is 4.26. The Morgan fingerprint density at radius 2 is 1.57 bits per heavy atom. The van der Waals surface area contributed by atoms with E-state index >= 15 is 0 Å². The van der Waals surface area contributed by atoms with E-state index < -0.39 is 0 Å². The van der Waals surface area contributed by atoms with Crippen molar-refractivity contribution in [3.05, 3.63) is 56.0 Å². The highest BCUT2D eigenvalue weighted by Gasteiger charge is 2.20. The fourth-order valence-electron chi connectivity index (χ4n) is 1.94. The van der Waals surface area contributed by atoms with Gasteiger partial charge in [0.15, 0.2) is 11.5 Å². The largest absolute Gasteiger partial charge is 0.493 e. The summed E-state index contributed by atoms with van der Waals surface area (Å²) in [6.45, 7) is 0. The summed E-state index contributed by atoms with van der Waals surface area (Å²) >= 11 is 19.5. The Kier molecular flexibility index (Phi) is 5.83. The molecule has 0 fully saturated rings. The highest BCUT2D eigenvalue weighted by molar-refractivity contribution is 9.11. The van der Waals surface area contributed by atoms with Crippen molar-refractivity contribution in [1.82, 2.24) is 0 Å². The minimum absolute atomic E-state index is 0.127. The molecule has 0 saturated heterocycles. The highest BCUT2D eigenvalue weighted by Crippen LogP contribution is 2.43.